The number of rotatable bonds is 76. The van der Waals surface area contributed by atoms with Gasteiger partial charge in [-0.15, -0.1) is 0 Å². The second-order valence-corrected chi connectivity index (χ2v) is 32.8. The molecule has 4 unspecified atom stereocenters. The first-order valence-electron chi connectivity index (χ1n) is 40.8. The summed E-state index contributed by atoms with van der Waals surface area (Å²) in [6.07, 6.45) is 54.1. The van der Waals surface area contributed by atoms with E-state index in [1.54, 1.807) is 0 Å². The van der Waals surface area contributed by atoms with Gasteiger partial charge in [0, 0.05) is 25.7 Å². The number of hydrogen-bond acceptors (Lipinski definition) is 15. The Labute approximate surface area is 600 Å². The predicted octanol–water partition coefficient (Wildman–Crippen LogP) is 23.2. The van der Waals surface area contributed by atoms with Crippen LogP contribution in [0.5, 0.6) is 0 Å². The van der Waals surface area contributed by atoms with Crippen molar-refractivity contribution in [2.24, 2.45) is 23.7 Å². The highest BCUT2D eigenvalue weighted by Crippen LogP contribution is 2.45. The lowest BCUT2D eigenvalue weighted by molar-refractivity contribution is -0.161. The Morgan fingerprint density at radius 1 is 0.286 bits per heavy atom. The lowest BCUT2D eigenvalue weighted by atomic mass is 9.99. The molecule has 0 bridgehead atoms. The largest absolute Gasteiger partial charge is 0.472 e. The molecule has 0 aliphatic heterocycles. The molecule has 7 atom stereocenters. The van der Waals surface area contributed by atoms with Crippen molar-refractivity contribution < 1.29 is 80.2 Å². The molecule has 0 fully saturated rings. The molecular formula is C79H154O17P2. The van der Waals surface area contributed by atoms with Crippen LogP contribution in [0.4, 0.5) is 0 Å². The van der Waals surface area contributed by atoms with E-state index in [1.165, 1.54) is 199 Å². The van der Waals surface area contributed by atoms with Crippen LogP contribution >= 0.6 is 15.6 Å². The number of ether oxygens (including phenoxy) is 4. The molecule has 3 N–H and O–H groups in total. The van der Waals surface area contributed by atoms with Crippen molar-refractivity contribution >= 4 is 39.5 Å². The highest BCUT2D eigenvalue weighted by atomic mass is 31.2. The van der Waals surface area contributed by atoms with Crippen LogP contribution < -0.4 is 0 Å². The molecule has 0 aliphatic carbocycles. The zero-order chi connectivity index (χ0) is 72.4. The lowest BCUT2D eigenvalue weighted by Gasteiger charge is -2.21. The van der Waals surface area contributed by atoms with Crippen LogP contribution in [0.3, 0.4) is 0 Å². The van der Waals surface area contributed by atoms with E-state index in [-0.39, 0.29) is 25.7 Å². The van der Waals surface area contributed by atoms with Crippen molar-refractivity contribution in [3.63, 3.8) is 0 Å². The van der Waals surface area contributed by atoms with Gasteiger partial charge in [-0.05, 0) is 49.4 Å². The van der Waals surface area contributed by atoms with E-state index >= 15 is 0 Å². The van der Waals surface area contributed by atoms with Crippen molar-refractivity contribution in [1.82, 2.24) is 0 Å². The van der Waals surface area contributed by atoms with Crippen molar-refractivity contribution in [1.29, 1.82) is 0 Å². The maximum Gasteiger partial charge on any atom is 0.472 e. The SMILES string of the molecule is CCC(C)CCCCCCCCCCC(=O)OC[C@H](COP(=O)(O)OC[C@@H](O)COP(=O)(O)OC[C@@H](COC(=O)CCCCCCCCC(C)CC)OC(=O)CCCCCCCCCCCCCCCCCC(C)C)OC(=O)CCCCCCCCCCCCCCCCCC(C)C. The van der Waals surface area contributed by atoms with Crippen molar-refractivity contribution in [2.75, 3.05) is 39.6 Å². The van der Waals surface area contributed by atoms with Crippen LogP contribution in [0, 0.1) is 23.7 Å². The number of phosphoric acid groups is 2. The van der Waals surface area contributed by atoms with E-state index in [0.717, 1.165) is 120 Å². The number of carbonyl (C=O) groups is 4. The Morgan fingerprint density at radius 3 is 0.724 bits per heavy atom. The number of carbonyl (C=O) groups excluding carboxylic acids is 4. The zero-order valence-corrected chi connectivity index (χ0v) is 66.2. The molecule has 0 aliphatic rings. The van der Waals surface area contributed by atoms with Gasteiger partial charge in [0.2, 0.25) is 0 Å². The van der Waals surface area contributed by atoms with Gasteiger partial charge in [0.25, 0.3) is 0 Å². The number of aliphatic hydroxyl groups excluding tert-OH is 1. The molecule has 0 spiro atoms. The number of phosphoric ester groups is 2. The van der Waals surface area contributed by atoms with E-state index in [1.807, 2.05) is 0 Å². The summed E-state index contributed by atoms with van der Waals surface area (Å²) in [7, 11) is -9.92. The van der Waals surface area contributed by atoms with E-state index < -0.39 is 97.5 Å². The summed E-state index contributed by atoms with van der Waals surface area (Å²) in [6.45, 7) is 14.2. The van der Waals surface area contributed by atoms with Crippen molar-refractivity contribution in [2.45, 2.75) is 420 Å². The van der Waals surface area contributed by atoms with Crippen molar-refractivity contribution in [3.05, 3.63) is 0 Å². The number of esters is 4. The number of unbranched alkanes of at least 4 members (excludes halogenated alkanes) is 40. The summed E-state index contributed by atoms with van der Waals surface area (Å²) < 4.78 is 68.6. The van der Waals surface area contributed by atoms with Gasteiger partial charge in [-0.3, -0.25) is 37.3 Å². The molecular weight excluding hydrogens is 1280 g/mol. The Bertz CT molecular complexity index is 1920. The fraction of sp³-hybridized carbons (Fsp3) is 0.949. The van der Waals surface area contributed by atoms with Crippen LogP contribution in [-0.4, -0.2) is 96.7 Å². The topological polar surface area (TPSA) is 237 Å². The molecule has 19 heteroatoms. The predicted molar refractivity (Wildman–Crippen MR) is 400 cm³/mol. The van der Waals surface area contributed by atoms with Gasteiger partial charge in [-0.1, -0.05) is 351 Å². The van der Waals surface area contributed by atoms with Gasteiger partial charge in [0.15, 0.2) is 12.2 Å². The second-order valence-electron chi connectivity index (χ2n) is 29.9. The minimum atomic E-state index is -4.96. The normalized spacial score (nSPS) is 14.6. The molecule has 0 rings (SSSR count). The van der Waals surface area contributed by atoms with Crippen LogP contribution in [-0.2, 0) is 65.4 Å². The summed E-state index contributed by atoms with van der Waals surface area (Å²) in [5.74, 6) is 0.996. The van der Waals surface area contributed by atoms with Gasteiger partial charge in [0.1, 0.15) is 19.3 Å². The summed E-state index contributed by atoms with van der Waals surface area (Å²) >= 11 is 0. The minimum Gasteiger partial charge on any atom is -0.462 e. The molecule has 0 amide bonds. The smallest absolute Gasteiger partial charge is 0.462 e. The summed E-state index contributed by atoms with van der Waals surface area (Å²) in [6, 6.07) is 0. The maximum absolute atomic E-state index is 13.1. The summed E-state index contributed by atoms with van der Waals surface area (Å²) in [5.41, 5.74) is 0. The third-order valence-corrected chi connectivity index (χ3v) is 20.9. The summed E-state index contributed by atoms with van der Waals surface area (Å²) in [4.78, 5) is 72.9. The average molecular weight is 1440 g/mol. The molecule has 0 aromatic carbocycles. The molecule has 0 saturated carbocycles. The van der Waals surface area contributed by atoms with Gasteiger partial charge < -0.3 is 33.8 Å². The van der Waals surface area contributed by atoms with Crippen LogP contribution in [0.2, 0.25) is 0 Å². The Kier molecular flexibility index (Phi) is 66.8. The Morgan fingerprint density at radius 2 is 0.490 bits per heavy atom. The Balaban J connectivity index is 5.23. The average Bonchev–Trinajstić information content (AvgIpc) is 1.01. The zero-order valence-electron chi connectivity index (χ0n) is 64.4. The number of aliphatic hydroxyl groups is 1. The molecule has 17 nitrogen and oxygen atoms in total. The quantitative estimate of drug-likeness (QED) is 0.0222. The molecule has 0 aromatic rings. The third-order valence-electron chi connectivity index (χ3n) is 19.0. The molecule has 582 valence electrons. The summed E-state index contributed by atoms with van der Waals surface area (Å²) in [5, 5.41) is 10.6. The van der Waals surface area contributed by atoms with Crippen LogP contribution in [0.15, 0.2) is 0 Å². The van der Waals surface area contributed by atoms with Gasteiger partial charge >= 0.3 is 39.5 Å². The van der Waals surface area contributed by atoms with E-state index in [2.05, 4.69) is 55.4 Å². The first kappa shape index (κ1) is 96.1. The molecule has 0 aromatic heterocycles. The molecule has 98 heavy (non-hydrogen) atoms. The first-order valence-corrected chi connectivity index (χ1v) is 43.8. The second kappa shape index (κ2) is 68.2. The van der Waals surface area contributed by atoms with E-state index in [0.29, 0.717) is 25.7 Å². The highest BCUT2D eigenvalue weighted by molar-refractivity contribution is 7.47. The van der Waals surface area contributed by atoms with E-state index in [9.17, 15) is 43.2 Å². The lowest BCUT2D eigenvalue weighted by Crippen LogP contribution is -2.30. The fourth-order valence-electron chi connectivity index (χ4n) is 12.0. The van der Waals surface area contributed by atoms with Gasteiger partial charge in [0.05, 0.1) is 26.4 Å². The minimum absolute atomic E-state index is 0.106. The standard InChI is InChI=1S/C79H154O17P2/c1-9-71(7)57-49-41-33-29-30-34-43-51-59-76(81)89-65-74(95-78(83)61-53-45-35-27-23-19-15-11-13-17-21-25-31-39-47-55-69(3)4)67-93-97(85,86)91-63-73(80)64-92-98(87,88)94-68-75(66-90-77(82)60-52-44-38-37-42-50-58-72(8)10-2)96-79(84)62-54-46-36-28-24-20-16-12-14-18-22-26-32-40-48-56-70(5)6/h69-75,80H,9-68H2,1-8H3,(H,85,86)(H,87,88)/t71?,72?,73-,74-,75-/m1/s1. The first-order chi connectivity index (χ1) is 47.2. The van der Waals surface area contributed by atoms with Gasteiger partial charge in [-0.25, -0.2) is 9.13 Å². The molecule has 0 radical (unpaired) electrons. The highest BCUT2D eigenvalue weighted by Gasteiger charge is 2.30. The maximum atomic E-state index is 13.1. The van der Waals surface area contributed by atoms with Crippen LogP contribution in [0.25, 0.3) is 0 Å². The molecule has 0 saturated heterocycles. The van der Waals surface area contributed by atoms with Crippen molar-refractivity contribution in [3.8, 4) is 0 Å². The Hall–Kier alpha value is -1.94. The van der Waals surface area contributed by atoms with E-state index in [4.69, 9.17) is 37.0 Å². The monoisotopic (exact) mass is 1440 g/mol. The van der Waals surface area contributed by atoms with Gasteiger partial charge in [-0.2, -0.15) is 0 Å². The fourth-order valence-corrected chi connectivity index (χ4v) is 13.6. The van der Waals surface area contributed by atoms with Crippen LogP contribution in [0.1, 0.15) is 402 Å². The molecule has 0 heterocycles. The number of hydrogen-bond donors (Lipinski definition) is 3. The third kappa shape index (κ3) is 69.8.